The highest BCUT2D eigenvalue weighted by atomic mass is 31.2. The molecule has 534 valence electrons. The van der Waals surface area contributed by atoms with Gasteiger partial charge in [-0.05, 0) is 37.5 Å². The summed E-state index contributed by atoms with van der Waals surface area (Å²) in [4.78, 5) is 72.6. The summed E-state index contributed by atoms with van der Waals surface area (Å²) in [6.07, 6.45) is 48.4. The average molecular weight is 1330 g/mol. The molecule has 0 radical (unpaired) electrons. The largest absolute Gasteiger partial charge is 0.472 e. The molecule has 0 fully saturated rings. The van der Waals surface area contributed by atoms with E-state index < -0.39 is 97.5 Å². The topological polar surface area (TPSA) is 237 Å². The lowest BCUT2D eigenvalue weighted by Crippen LogP contribution is -2.30. The molecule has 90 heavy (non-hydrogen) atoms. The van der Waals surface area contributed by atoms with Gasteiger partial charge in [-0.3, -0.25) is 37.3 Å². The molecule has 6 atom stereocenters. The Morgan fingerprint density at radius 2 is 0.567 bits per heavy atom. The molecule has 0 aliphatic carbocycles. The molecule has 0 amide bonds. The maximum absolute atomic E-state index is 13.0. The maximum atomic E-state index is 13.0. The third kappa shape index (κ3) is 63.5. The lowest BCUT2D eigenvalue weighted by Gasteiger charge is -2.21. The van der Waals surface area contributed by atoms with E-state index in [4.69, 9.17) is 37.0 Å². The highest BCUT2D eigenvalue weighted by Gasteiger charge is 2.30. The van der Waals surface area contributed by atoms with Crippen molar-refractivity contribution in [2.45, 2.75) is 381 Å². The Morgan fingerprint density at radius 1 is 0.322 bits per heavy atom. The van der Waals surface area contributed by atoms with Gasteiger partial charge in [0.2, 0.25) is 0 Å². The summed E-state index contributed by atoms with van der Waals surface area (Å²) < 4.78 is 68.3. The molecular formula is C71H138O17P2. The fourth-order valence-corrected chi connectivity index (χ4v) is 12.3. The van der Waals surface area contributed by atoms with E-state index in [-0.39, 0.29) is 25.7 Å². The van der Waals surface area contributed by atoms with Crippen LogP contribution in [0.4, 0.5) is 0 Å². The number of carbonyl (C=O) groups excluding carboxylic acids is 4. The quantitative estimate of drug-likeness (QED) is 0.0222. The third-order valence-corrected chi connectivity index (χ3v) is 18.7. The van der Waals surface area contributed by atoms with Crippen LogP contribution < -0.4 is 0 Å². The summed E-state index contributed by atoms with van der Waals surface area (Å²) in [6, 6.07) is 0. The van der Waals surface area contributed by atoms with Crippen molar-refractivity contribution in [2.24, 2.45) is 11.8 Å². The standard InChI is InChI=1S/C71H138O17P2/c1-7-10-12-14-16-18-20-21-22-23-25-29-37-43-49-55-70(75)87-66(59-82-69(74)54-48-42-36-30-26-27-33-39-45-51-63(4)5)61-85-89(77,78)83-57-65(72)58-84-90(79,80)86-62-67(60-81-68(73)53-47-41-35-28-24-19-17-15-13-11-8-2)88-71(76)56-50-44-38-32-31-34-40-46-52-64(6)9-3/h63-67,72H,7-62H2,1-6H3,(H,77,78)(H,79,80)/t64?,65-,66-,67-/m1/s1. The number of phosphoric acid groups is 2. The summed E-state index contributed by atoms with van der Waals surface area (Å²) in [6.45, 7) is 9.54. The van der Waals surface area contributed by atoms with Crippen molar-refractivity contribution in [1.29, 1.82) is 0 Å². The van der Waals surface area contributed by atoms with E-state index in [1.165, 1.54) is 180 Å². The van der Waals surface area contributed by atoms with Gasteiger partial charge in [-0.1, -0.05) is 311 Å². The number of carbonyl (C=O) groups is 4. The normalized spacial score (nSPS) is 14.4. The van der Waals surface area contributed by atoms with Gasteiger partial charge in [-0.15, -0.1) is 0 Å². The first kappa shape index (κ1) is 88.1. The molecule has 0 saturated carbocycles. The van der Waals surface area contributed by atoms with Crippen molar-refractivity contribution >= 4 is 39.5 Å². The first-order chi connectivity index (χ1) is 43.4. The second-order valence-electron chi connectivity index (χ2n) is 26.3. The van der Waals surface area contributed by atoms with Gasteiger partial charge in [0.1, 0.15) is 19.3 Å². The Bertz CT molecular complexity index is 1750. The third-order valence-electron chi connectivity index (χ3n) is 16.8. The molecule has 0 bridgehead atoms. The van der Waals surface area contributed by atoms with Crippen LogP contribution in [0.2, 0.25) is 0 Å². The van der Waals surface area contributed by atoms with Crippen LogP contribution >= 0.6 is 15.6 Å². The molecule has 0 spiro atoms. The van der Waals surface area contributed by atoms with Crippen LogP contribution in [0.3, 0.4) is 0 Å². The molecule has 0 heterocycles. The molecule has 3 unspecified atom stereocenters. The van der Waals surface area contributed by atoms with Crippen LogP contribution in [0.25, 0.3) is 0 Å². The Balaban J connectivity index is 5.26. The van der Waals surface area contributed by atoms with E-state index in [2.05, 4.69) is 41.5 Å². The van der Waals surface area contributed by atoms with Gasteiger partial charge < -0.3 is 33.8 Å². The number of hydrogen-bond donors (Lipinski definition) is 3. The molecule has 0 aliphatic rings. The smallest absolute Gasteiger partial charge is 0.462 e. The van der Waals surface area contributed by atoms with Gasteiger partial charge in [0, 0.05) is 25.7 Å². The lowest BCUT2D eigenvalue weighted by atomic mass is 9.99. The number of aliphatic hydroxyl groups excluding tert-OH is 1. The van der Waals surface area contributed by atoms with Crippen LogP contribution in [-0.4, -0.2) is 96.7 Å². The highest BCUT2D eigenvalue weighted by Crippen LogP contribution is 2.45. The molecule has 17 nitrogen and oxygen atoms in total. The highest BCUT2D eigenvalue weighted by molar-refractivity contribution is 7.47. The number of ether oxygens (including phenoxy) is 4. The minimum absolute atomic E-state index is 0.105. The minimum atomic E-state index is -4.95. The molecular weight excluding hydrogens is 1190 g/mol. The fraction of sp³-hybridized carbons (Fsp3) is 0.944. The van der Waals surface area contributed by atoms with E-state index in [1.54, 1.807) is 0 Å². The van der Waals surface area contributed by atoms with Crippen LogP contribution in [0.1, 0.15) is 363 Å². The summed E-state index contributed by atoms with van der Waals surface area (Å²) in [5, 5.41) is 10.6. The van der Waals surface area contributed by atoms with Gasteiger partial charge in [-0.2, -0.15) is 0 Å². The van der Waals surface area contributed by atoms with Crippen molar-refractivity contribution in [1.82, 2.24) is 0 Å². The molecule has 0 aliphatic heterocycles. The minimum Gasteiger partial charge on any atom is -0.462 e. The van der Waals surface area contributed by atoms with Crippen molar-refractivity contribution in [3.05, 3.63) is 0 Å². The van der Waals surface area contributed by atoms with E-state index in [1.807, 2.05) is 0 Å². The summed E-state index contributed by atoms with van der Waals surface area (Å²) in [7, 11) is -9.90. The van der Waals surface area contributed by atoms with Crippen molar-refractivity contribution in [3.63, 3.8) is 0 Å². The molecule has 0 rings (SSSR count). The van der Waals surface area contributed by atoms with Gasteiger partial charge in [0.05, 0.1) is 26.4 Å². The molecule has 0 saturated heterocycles. The Hall–Kier alpha value is -1.94. The van der Waals surface area contributed by atoms with Crippen molar-refractivity contribution < 1.29 is 80.2 Å². The molecule has 0 aromatic rings. The van der Waals surface area contributed by atoms with Gasteiger partial charge in [-0.25, -0.2) is 9.13 Å². The van der Waals surface area contributed by atoms with Crippen LogP contribution in [0, 0.1) is 11.8 Å². The van der Waals surface area contributed by atoms with E-state index in [0.29, 0.717) is 25.7 Å². The molecule has 0 aromatic heterocycles. The van der Waals surface area contributed by atoms with Crippen molar-refractivity contribution in [3.8, 4) is 0 Å². The summed E-state index contributed by atoms with van der Waals surface area (Å²) in [5.41, 5.74) is 0. The zero-order valence-corrected chi connectivity index (χ0v) is 60.2. The monoisotopic (exact) mass is 1320 g/mol. The first-order valence-electron chi connectivity index (χ1n) is 37.0. The first-order valence-corrected chi connectivity index (χ1v) is 40.0. The SMILES string of the molecule is CCCCCCCCCCCCCCCCCC(=O)O[C@H](COC(=O)CCCCCCCCCCCC(C)C)COP(=O)(O)OC[C@@H](O)COP(=O)(O)OC[C@@H](COC(=O)CCCCCCCCCCCCC)OC(=O)CCCCCCCCCCC(C)CC. The maximum Gasteiger partial charge on any atom is 0.472 e. The zero-order chi connectivity index (χ0) is 66.5. The van der Waals surface area contributed by atoms with E-state index >= 15 is 0 Å². The number of phosphoric ester groups is 2. The summed E-state index contributed by atoms with van der Waals surface area (Å²) in [5.74, 6) is -0.609. The predicted molar refractivity (Wildman–Crippen MR) is 363 cm³/mol. The number of unbranched alkanes of at least 4 members (excludes halogenated alkanes) is 39. The lowest BCUT2D eigenvalue weighted by molar-refractivity contribution is -0.161. The van der Waals surface area contributed by atoms with Gasteiger partial charge >= 0.3 is 39.5 Å². The number of rotatable bonds is 70. The van der Waals surface area contributed by atoms with Crippen molar-refractivity contribution in [2.75, 3.05) is 39.6 Å². The Morgan fingerprint density at radius 3 is 0.844 bits per heavy atom. The van der Waals surface area contributed by atoms with E-state index in [9.17, 15) is 43.2 Å². The molecule has 3 N–H and O–H groups in total. The number of aliphatic hydroxyl groups is 1. The van der Waals surface area contributed by atoms with Crippen LogP contribution in [0.5, 0.6) is 0 Å². The van der Waals surface area contributed by atoms with Gasteiger partial charge in [0.25, 0.3) is 0 Å². The van der Waals surface area contributed by atoms with E-state index in [0.717, 1.165) is 102 Å². The van der Waals surface area contributed by atoms with Crippen LogP contribution in [0.15, 0.2) is 0 Å². The molecule has 0 aromatic carbocycles. The summed E-state index contributed by atoms with van der Waals surface area (Å²) >= 11 is 0. The number of hydrogen-bond acceptors (Lipinski definition) is 15. The second kappa shape index (κ2) is 63.1. The van der Waals surface area contributed by atoms with Gasteiger partial charge in [0.15, 0.2) is 12.2 Å². The predicted octanol–water partition coefficient (Wildman–Crippen LogP) is 20.4. The average Bonchev–Trinajstić information content (AvgIpc) is 3.58. The molecule has 19 heteroatoms. The Labute approximate surface area is 549 Å². The zero-order valence-electron chi connectivity index (χ0n) is 58.4. The Kier molecular flexibility index (Phi) is 61.8. The second-order valence-corrected chi connectivity index (χ2v) is 29.3. The van der Waals surface area contributed by atoms with Crippen LogP contribution in [-0.2, 0) is 65.4 Å². The number of esters is 4. The fourth-order valence-electron chi connectivity index (χ4n) is 10.7.